The third-order valence-electron chi connectivity index (χ3n) is 5.18. The van der Waals surface area contributed by atoms with Crippen LogP contribution < -0.4 is 5.32 Å². The van der Waals surface area contributed by atoms with Crippen LogP contribution in [0.4, 0.5) is 0 Å². The van der Waals surface area contributed by atoms with Gasteiger partial charge in [0.2, 0.25) is 0 Å². The molecule has 2 saturated heterocycles. The van der Waals surface area contributed by atoms with Gasteiger partial charge in [0.25, 0.3) is 0 Å². The highest BCUT2D eigenvalue weighted by Gasteiger charge is 2.36. The van der Waals surface area contributed by atoms with Crippen molar-refractivity contribution in [2.45, 2.75) is 44.7 Å². The molecule has 0 aromatic carbocycles. The van der Waals surface area contributed by atoms with E-state index in [0.717, 1.165) is 23.9 Å². The van der Waals surface area contributed by atoms with Gasteiger partial charge in [-0.3, -0.25) is 4.90 Å². The Morgan fingerprint density at radius 1 is 1.06 bits per heavy atom. The van der Waals surface area contributed by atoms with E-state index in [4.69, 9.17) is 0 Å². The smallest absolute Gasteiger partial charge is 0.0223 e. The monoisotopic (exact) mass is 251 g/mol. The lowest BCUT2D eigenvalue weighted by molar-refractivity contribution is 0.0724. The van der Waals surface area contributed by atoms with Crippen molar-refractivity contribution in [1.82, 2.24) is 15.1 Å². The zero-order chi connectivity index (χ0) is 12.5. The maximum absolute atomic E-state index is 3.78. The average molecular weight is 251 g/mol. The van der Waals surface area contributed by atoms with Crippen molar-refractivity contribution in [3.63, 3.8) is 0 Å². The number of hydrogen-bond donors (Lipinski definition) is 1. The molecular formula is C15H29N3. The number of nitrogens with one attached hydrogen (secondary N) is 1. The largest absolute Gasteiger partial charge is 0.312 e. The third-order valence-corrected chi connectivity index (χ3v) is 5.18. The van der Waals surface area contributed by atoms with E-state index < -0.39 is 0 Å². The summed E-state index contributed by atoms with van der Waals surface area (Å²) in [5.74, 6) is 1.83. The van der Waals surface area contributed by atoms with Gasteiger partial charge in [-0.15, -0.1) is 0 Å². The highest BCUT2D eigenvalue weighted by Crippen LogP contribution is 2.34. The SMILES string of the molecule is CC1CN(C)CCC1N1CCCNC(C2CC2)C1. The quantitative estimate of drug-likeness (QED) is 0.800. The summed E-state index contributed by atoms with van der Waals surface area (Å²) in [4.78, 5) is 5.32. The molecule has 18 heavy (non-hydrogen) atoms. The molecule has 0 aromatic heterocycles. The van der Waals surface area contributed by atoms with Crippen LogP contribution in [0.5, 0.6) is 0 Å². The van der Waals surface area contributed by atoms with Gasteiger partial charge in [0.05, 0.1) is 0 Å². The zero-order valence-corrected chi connectivity index (χ0v) is 12.1. The van der Waals surface area contributed by atoms with Crippen molar-refractivity contribution in [2.75, 3.05) is 39.8 Å². The Hall–Kier alpha value is -0.120. The predicted octanol–water partition coefficient (Wildman–Crippen LogP) is 1.40. The van der Waals surface area contributed by atoms with Gasteiger partial charge in [-0.25, -0.2) is 0 Å². The fraction of sp³-hybridized carbons (Fsp3) is 1.00. The Balaban J connectivity index is 1.62. The summed E-state index contributed by atoms with van der Waals surface area (Å²) in [5.41, 5.74) is 0. The first-order valence-corrected chi connectivity index (χ1v) is 7.90. The Bertz CT molecular complexity index is 277. The van der Waals surface area contributed by atoms with Crippen LogP contribution in [0.2, 0.25) is 0 Å². The van der Waals surface area contributed by atoms with Crippen LogP contribution in [0.15, 0.2) is 0 Å². The van der Waals surface area contributed by atoms with Crippen molar-refractivity contribution in [3.05, 3.63) is 0 Å². The van der Waals surface area contributed by atoms with E-state index in [0.29, 0.717) is 0 Å². The molecular weight excluding hydrogens is 222 g/mol. The van der Waals surface area contributed by atoms with Gasteiger partial charge < -0.3 is 10.2 Å². The van der Waals surface area contributed by atoms with Gasteiger partial charge in [0.15, 0.2) is 0 Å². The van der Waals surface area contributed by atoms with E-state index in [1.165, 1.54) is 58.4 Å². The van der Waals surface area contributed by atoms with E-state index in [1.807, 2.05) is 0 Å². The van der Waals surface area contributed by atoms with E-state index in [9.17, 15) is 0 Å². The molecule has 3 rings (SSSR count). The molecule has 3 atom stereocenters. The van der Waals surface area contributed by atoms with Crippen LogP contribution in [0.1, 0.15) is 32.6 Å². The molecule has 1 aliphatic carbocycles. The molecule has 1 N–H and O–H groups in total. The second-order valence-electron chi connectivity index (χ2n) is 6.84. The molecule has 3 aliphatic rings. The van der Waals surface area contributed by atoms with E-state index >= 15 is 0 Å². The molecule has 0 bridgehead atoms. The van der Waals surface area contributed by atoms with Crippen LogP contribution in [-0.4, -0.2) is 61.7 Å². The highest BCUT2D eigenvalue weighted by molar-refractivity contribution is 4.93. The van der Waals surface area contributed by atoms with Gasteiger partial charge in [-0.1, -0.05) is 6.92 Å². The summed E-state index contributed by atoms with van der Waals surface area (Å²) < 4.78 is 0. The predicted molar refractivity (Wildman–Crippen MR) is 75.8 cm³/mol. The molecule has 1 saturated carbocycles. The second-order valence-corrected chi connectivity index (χ2v) is 6.84. The van der Waals surface area contributed by atoms with Crippen molar-refractivity contribution in [1.29, 1.82) is 0 Å². The third kappa shape index (κ3) is 2.89. The molecule has 3 heteroatoms. The number of likely N-dealkylation sites (tertiary alicyclic amines) is 1. The van der Waals surface area contributed by atoms with Gasteiger partial charge in [0, 0.05) is 25.2 Å². The minimum atomic E-state index is 0.791. The highest BCUT2D eigenvalue weighted by atomic mass is 15.2. The minimum Gasteiger partial charge on any atom is -0.312 e. The lowest BCUT2D eigenvalue weighted by Gasteiger charge is -2.42. The number of rotatable bonds is 2. The number of hydrogen-bond acceptors (Lipinski definition) is 3. The van der Waals surface area contributed by atoms with Crippen LogP contribution in [0.3, 0.4) is 0 Å². The number of nitrogens with zero attached hydrogens (tertiary/aromatic N) is 2. The van der Waals surface area contributed by atoms with Crippen molar-refractivity contribution >= 4 is 0 Å². The molecule has 0 amide bonds. The Labute approximate surface area is 112 Å². The molecule has 0 radical (unpaired) electrons. The molecule has 2 aliphatic heterocycles. The van der Waals surface area contributed by atoms with Gasteiger partial charge in [0.1, 0.15) is 0 Å². The zero-order valence-electron chi connectivity index (χ0n) is 12.1. The minimum absolute atomic E-state index is 0.791. The molecule has 3 fully saturated rings. The first-order chi connectivity index (χ1) is 8.74. The fourth-order valence-corrected chi connectivity index (χ4v) is 3.98. The fourth-order valence-electron chi connectivity index (χ4n) is 3.98. The molecule has 3 nitrogen and oxygen atoms in total. The summed E-state index contributed by atoms with van der Waals surface area (Å²) in [7, 11) is 2.27. The van der Waals surface area contributed by atoms with E-state index in [2.05, 4.69) is 29.1 Å². The van der Waals surface area contributed by atoms with Gasteiger partial charge in [-0.2, -0.15) is 0 Å². The summed E-state index contributed by atoms with van der Waals surface area (Å²) in [6.07, 6.45) is 5.64. The maximum Gasteiger partial charge on any atom is 0.0223 e. The van der Waals surface area contributed by atoms with E-state index in [1.54, 1.807) is 0 Å². The molecule has 2 heterocycles. The Morgan fingerprint density at radius 2 is 1.89 bits per heavy atom. The van der Waals surface area contributed by atoms with Crippen molar-refractivity contribution < 1.29 is 0 Å². The molecule has 104 valence electrons. The summed E-state index contributed by atoms with van der Waals surface area (Å²) >= 11 is 0. The topological polar surface area (TPSA) is 18.5 Å². The van der Waals surface area contributed by atoms with Crippen molar-refractivity contribution in [3.8, 4) is 0 Å². The summed E-state index contributed by atoms with van der Waals surface area (Å²) in [6, 6.07) is 1.63. The van der Waals surface area contributed by atoms with Crippen LogP contribution in [-0.2, 0) is 0 Å². The number of piperidine rings is 1. The van der Waals surface area contributed by atoms with Crippen LogP contribution >= 0.6 is 0 Å². The molecule has 3 unspecified atom stereocenters. The van der Waals surface area contributed by atoms with Crippen molar-refractivity contribution in [2.24, 2.45) is 11.8 Å². The normalized spacial score (nSPS) is 40.7. The summed E-state index contributed by atoms with van der Waals surface area (Å²) in [6.45, 7) is 8.87. The molecule has 0 spiro atoms. The first-order valence-electron chi connectivity index (χ1n) is 7.90. The lowest BCUT2D eigenvalue weighted by atomic mass is 9.92. The Kier molecular flexibility index (Phi) is 3.92. The Morgan fingerprint density at radius 3 is 2.61 bits per heavy atom. The second kappa shape index (κ2) is 5.48. The van der Waals surface area contributed by atoms with Gasteiger partial charge >= 0.3 is 0 Å². The lowest BCUT2D eigenvalue weighted by Crippen LogP contribution is -2.51. The standard InChI is InChI=1S/C15H29N3/c1-12-10-17(2)9-6-15(12)18-8-3-7-16-14(11-18)13-4-5-13/h12-16H,3-11H2,1-2H3. The molecule has 0 aromatic rings. The first kappa shape index (κ1) is 12.9. The maximum atomic E-state index is 3.78. The van der Waals surface area contributed by atoms with Gasteiger partial charge in [-0.05, 0) is 64.2 Å². The van der Waals surface area contributed by atoms with Crippen LogP contribution in [0.25, 0.3) is 0 Å². The van der Waals surface area contributed by atoms with Crippen LogP contribution in [0, 0.1) is 11.8 Å². The summed E-state index contributed by atoms with van der Waals surface area (Å²) in [5, 5.41) is 3.78. The van der Waals surface area contributed by atoms with E-state index in [-0.39, 0.29) is 0 Å². The average Bonchev–Trinajstić information content (AvgIpc) is 3.15.